The molecule has 2 fully saturated rings. The van der Waals surface area contributed by atoms with Crippen LogP contribution in [0.2, 0.25) is 0 Å². The molecule has 2 N–H and O–H groups in total. The molecule has 2 saturated heterocycles. The number of carbonyl (C=O) groups is 1. The molecule has 0 aromatic carbocycles. The zero-order valence-electron chi connectivity index (χ0n) is 8.64. The van der Waals surface area contributed by atoms with E-state index in [2.05, 4.69) is 17.6 Å². The van der Waals surface area contributed by atoms with Gasteiger partial charge in [0.05, 0.1) is 6.04 Å². The van der Waals surface area contributed by atoms with Crippen molar-refractivity contribution in [2.75, 3.05) is 13.1 Å². The van der Waals surface area contributed by atoms with Gasteiger partial charge in [0.2, 0.25) is 0 Å². The van der Waals surface area contributed by atoms with Crippen LogP contribution in [-0.4, -0.2) is 30.8 Å². The number of alkyl carbamates (subject to hydrolysis) is 1. The second-order valence-corrected chi connectivity index (χ2v) is 4.19. The van der Waals surface area contributed by atoms with Gasteiger partial charge in [-0.25, -0.2) is 4.79 Å². The number of carbonyl (C=O) groups excluding carboxylic acids is 1. The molecule has 1 unspecified atom stereocenters. The maximum atomic E-state index is 11.2. The molecular formula is C10H18N2O2. The van der Waals surface area contributed by atoms with Gasteiger partial charge < -0.3 is 15.4 Å². The van der Waals surface area contributed by atoms with Gasteiger partial charge in [-0.3, -0.25) is 0 Å². The van der Waals surface area contributed by atoms with Crippen molar-refractivity contribution in [2.45, 2.75) is 44.2 Å². The van der Waals surface area contributed by atoms with Gasteiger partial charge in [0.1, 0.15) is 5.60 Å². The van der Waals surface area contributed by atoms with Gasteiger partial charge in [-0.2, -0.15) is 0 Å². The van der Waals surface area contributed by atoms with Crippen molar-refractivity contribution in [1.82, 2.24) is 10.6 Å². The van der Waals surface area contributed by atoms with Gasteiger partial charge in [0.25, 0.3) is 0 Å². The quantitative estimate of drug-likeness (QED) is 0.696. The first-order valence-corrected chi connectivity index (χ1v) is 5.47. The van der Waals surface area contributed by atoms with Crippen LogP contribution >= 0.6 is 0 Å². The number of hydrogen-bond acceptors (Lipinski definition) is 3. The van der Waals surface area contributed by atoms with E-state index in [0.717, 1.165) is 38.8 Å². The Morgan fingerprint density at radius 1 is 1.50 bits per heavy atom. The van der Waals surface area contributed by atoms with Gasteiger partial charge >= 0.3 is 6.09 Å². The van der Waals surface area contributed by atoms with E-state index in [1.54, 1.807) is 0 Å². The van der Waals surface area contributed by atoms with Gasteiger partial charge in [-0.15, -0.1) is 0 Å². The molecule has 0 aliphatic carbocycles. The van der Waals surface area contributed by atoms with Crippen LogP contribution in [0.4, 0.5) is 4.79 Å². The van der Waals surface area contributed by atoms with Crippen LogP contribution < -0.4 is 10.6 Å². The summed E-state index contributed by atoms with van der Waals surface area (Å²) in [6.07, 6.45) is 3.76. The predicted octanol–water partition coefficient (Wildman–Crippen LogP) is 1.02. The lowest BCUT2D eigenvalue weighted by molar-refractivity contribution is 0.00842. The van der Waals surface area contributed by atoms with Crippen LogP contribution in [0, 0.1) is 0 Å². The summed E-state index contributed by atoms with van der Waals surface area (Å²) in [4.78, 5) is 11.2. The number of amides is 1. The Morgan fingerprint density at radius 2 is 2.21 bits per heavy atom. The minimum Gasteiger partial charge on any atom is -0.441 e. The van der Waals surface area contributed by atoms with E-state index >= 15 is 0 Å². The molecule has 1 spiro atoms. The molecule has 80 valence electrons. The molecule has 4 heteroatoms. The lowest BCUT2D eigenvalue weighted by Crippen LogP contribution is -2.50. The van der Waals surface area contributed by atoms with Crippen LogP contribution in [0.15, 0.2) is 0 Å². The van der Waals surface area contributed by atoms with Gasteiger partial charge in [0, 0.05) is 12.8 Å². The summed E-state index contributed by atoms with van der Waals surface area (Å²) < 4.78 is 5.46. The van der Waals surface area contributed by atoms with Gasteiger partial charge in [-0.05, 0) is 19.5 Å². The highest BCUT2D eigenvalue weighted by atomic mass is 16.6. The smallest absolute Gasteiger partial charge is 0.408 e. The topological polar surface area (TPSA) is 50.4 Å². The van der Waals surface area contributed by atoms with Gasteiger partial charge in [-0.1, -0.05) is 13.3 Å². The van der Waals surface area contributed by atoms with Crippen molar-refractivity contribution in [1.29, 1.82) is 0 Å². The van der Waals surface area contributed by atoms with Crippen LogP contribution in [0.25, 0.3) is 0 Å². The highest BCUT2D eigenvalue weighted by molar-refractivity contribution is 5.71. The van der Waals surface area contributed by atoms with Crippen molar-refractivity contribution in [3.8, 4) is 0 Å². The fourth-order valence-electron chi connectivity index (χ4n) is 2.48. The maximum Gasteiger partial charge on any atom is 0.408 e. The lowest BCUT2D eigenvalue weighted by atomic mass is 9.83. The third-order valence-electron chi connectivity index (χ3n) is 3.25. The summed E-state index contributed by atoms with van der Waals surface area (Å²) in [5, 5.41) is 6.22. The number of piperidine rings is 1. The van der Waals surface area contributed by atoms with Crippen LogP contribution in [0.3, 0.4) is 0 Å². The monoisotopic (exact) mass is 198 g/mol. The Kier molecular flexibility index (Phi) is 2.63. The predicted molar refractivity (Wildman–Crippen MR) is 53.1 cm³/mol. The van der Waals surface area contributed by atoms with Crippen LogP contribution in [0.5, 0.6) is 0 Å². The van der Waals surface area contributed by atoms with E-state index in [1.165, 1.54) is 0 Å². The largest absolute Gasteiger partial charge is 0.441 e. The first kappa shape index (κ1) is 9.77. The lowest BCUT2D eigenvalue weighted by Gasteiger charge is -2.36. The summed E-state index contributed by atoms with van der Waals surface area (Å²) in [7, 11) is 0. The molecule has 4 nitrogen and oxygen atoms in total. The van der Waals surface area contributed by atoms with E-state index in [9.17, 15) is 4.79 Å². The Morgan fingerprint density at radius 3 is 2.86 bits per heavy atom. The molecule has 2 rings (SSSR count). The molecule has 0 aromatic rings. The third kappa shape index (κ3) is 1.59. The summed E-state index contributed by atoms with van der Waals surface area (Å²) in [5.74, 6) is 0. The molecule has 14 heavy (non-hydrogen) atoms. The molecule has 0 bridgehead atoms. The molecule has 2 heterocycles. The number of hydrogen-bond donors (Lipinski definition) is 2. The number of nitrogens with one attached hydrogen (secondary N) is 2. The Balaban J connectivity index is 2.09. The minimum absolute atomic E-state index is 0.210. The highest BCUT2D eigenvalue weighted by Crippen LogP contribution is 2.33. The molecule has 1 amide bonds. The third-order valence-corrected chi connectivity index (χ3v) is 3.25. The van der Waals surface area contributed by atoms with Crippen molar-refractivity contribution in [3.05, 3.63) is 0 Å². The van der Waals surface area contributed by atoms with Gasteiger partial charge in [0.15, 0.2) is 0 Å². The molecule has 0 saturated carbocycles. The Bertz CT molecular complexity index is 224. The van der Waals surface area contributed by atoms with Crippen LogP contribution in [0.1, 0.15) is 32.6 Å². The SMILES string of the molecule is CCCC1NC(=O)OC12CCNCC2. The second-order valence-electron chi connectivity index (χ2n) is 4.19. The van der Waals surface area contributed by atoms with E-state index in [4.69, 9.17) is 4.74 Å². The van der Waals surface area contributed by atoms with E-state index < -0.39 is 0 Å². The van der Waals surface area contributed by atoms with E-state index in [-0.39, 0.29) is 17.7 Å². The van der Waals surface area contributed by atoms with E-state index in [0.29, 0.717) is 0 Å². The summed E-state index contributed by atoms with van der Waals surface area (Å²) in [6, 6.07) is 0.224. The van der Waals surface area contributed by atoms with Crippen LogP contribution in [-0.2, 0) is 4.74 Å². The Labute approximate surface area is 84.4 Å². The number of rotatable bonds is 2. The Hall–Kier alpha value is -0.770. The standard InChI is InChI=1S/C10H18N2O2/c1-2-3-8-10(14-9(13)12-8)4-6-11-7-5-10/h8,11H,2-7H2,1H3,(H,12,13). The second kappa shape index (κ2) is 3.77. The fraction of sp³-hybridized carbons (Fsp3) is 0.900. The molecule has 0 radical (unpaired) electrons. The molecule has 1 atom stereocenters. The molecule has 2 aliphatic rings. The van der Waals surface area contributed by atoms with E-state index in [1.807, 2.05) is 0 Å². The fourth-order valence-corrected chi connectivity index (χ4v) is 2.48. The maximum absolute atomic E-state index is 11.2. The number of ether oxygens (including phenoxy) is 1. The summed E-state index contributed by atoms with van der Waals surface area (Å²) in [5.41, 5.74) is -0.210. The summed E-state index contributed by atoms with van der Waals surface area (Å²) in [6.45, 7) is 4.05. The normalized spacial score (nSPS) is 30.1. The zero-order valence-corrected chi connectivity index (χ0v) is 8.64. The molecular weight excluding hydrogens is 180 g/mol. The average molecular weight is 198 g/mol. The first-order valence-electron chi connectivity index (χ1n) is 5.47. The van der Waals surface area contributed by atoms with Crippen molar-refractivity contribution in [2.24, 2.45) is 0 Å². The minimum atomic E-state index is -0.231. The van der Waals surface area contributed by atoms with Crippen molar-refractivity contribution >= 4 is 6.09 Å². The highest BCUT2D eigenvalue weighted by Gasteiger charge is 2.48. The summed E-state index contributed by atoms with van der Waals surface area (Å²) >= 11 is 0. The van der Waals surface area contributed by atoms with Crippen molar-refractivity contribution < 1.29 is 9.53 Å². The van der Waals surface area contributed by atoms with Crippen molar-refractivity contribution in [3.63, 3.8) is 0 Å². The zero-order chi connectivity index (χ0) is 10.0. The molecule has 0 aromatic heterocycles. The first-order chi connectivity index (χ1) is 6.77. The molecule has 2 aliphatic heterocycles. The average Bonchev–Trinajstić information content (AvgIpc) is 2.45.